The first-order chi connectivity index (χ1) is 9.25. The van der Waals surface area contributed by atoms with E-state index in [-0.39, 0.29) is 11.2 Å². The number of halogens is 3. The van der Waals surface area contributed by atoms with Crippen LogP contribution in [-0.2, 0) is 11.2 Å². The summed E-state index contributed by atoms with van der Waals surface area (Å²) in [5, 5.41) is 0. The molecule has 20 heavy (non-hydrogen) atoms. The molecule has 0 saturated heterocycles. The molecule has 1 aliphatic rings. The molecule has 10 heteroatoms. The maximum Gasteiger partial charge on any atom is 0.350 e. The minimum Gasteiger partial charge on any atom is -0.465 e. The Morgan fingerprint density at radius 2 is 2.35 bits per heavy atom. The third-order valence-corrected chi connectivity index (χ3v) is 5.38. The molecule has 1 atom stereocenters. The van der Waals surface area contributed by atoms with Crippen LogP contribution in [-0.4, -0.2) is 36.7 Å². The minimum absolute atomic E-state index is 0.120. The molecule has 1 aromatic heterocycles. The molecular formula is C10H12BrF2N2O3PS. The number of carbonyl (C=O) groups is 1. The lowest BCUT2D eigenvalue weighted by Gasteiger charge is -2.35. The van der Waals surface area contributed by atoms with Crippen molar-refractivity contribution in [2.75, 3.05) is 24.8 Å². The van der Waals surface area contributed by atoms with E-state index < -0.39 is 33.2 Å². The fourth-order valence-electron chi connectivity index (χ4n) is 2.12. The zero-order valence-electron chi connectivity index (χ0n) is 10.4. The number of hydrogen-bond acceptors (Lipinski definition) is 6. The van der Waals surface area contributed by atoms with Crippen LogP contribution in [0.5, 0.6) is 0 Å². The smallest absolute Gasteiger partial charge is 0.350 e. The van der Waals surface area contributed by atoms with Crippen LogP contribution in [0.25, 0.3) is 0 Å². The number of hydrogen-bond donors (Lipinski definition) is 2. The van der Waals surface area contributed by atoms with Crippen LogP contribution in [0.15, 0.2) is 3.79 Å². The van der Waals surface area contributed by atoms with E-state index in [1.807, 2.05) is 0 Å². The van der Waals surface area contributed by atoms with E-state index in [1.165, 1.54) is 12.0 Å². The van der Waals surface area contributed by atoms with Crippen LogP contribution in [0, 0.1) is 0 Å². The number of anilines is 1. The van der Waals surface area contributed by atoms with Crippen molar-refractivity contribution in [2.45, 2.75) is 12.3 Å². The van der Waals surface area contributed by atoms with Gasteiger partial charge >= 0.3 is 5.97 Å². The Bertz CT molecular complexity index is 541. The minimum atomic E-state index is -2.94. The predicted octanol–water partition coefficient (Wildman–Crippen LogP) is 2.52. The number of nitrogens with zero attached hydrogens (tertiary/aromatic N) is 1. The number of rotatable bonds is 3. The van der Waals surface area contributed by atoms with E-state index in [9.17, 15) is 18.5 Å². The van der Waals surface area contributed by atoms with Gasteiger partial charge in [-0.05, 0) is 15.9 Å². The average Bonchev–Trinajstić information content (AvgIpc) is 2.64. The Labute approximate surface area is 127 Å². The summed E-state index contributed by atoms with van der Waals surface area (Å²) >= 11 is 4.25. The van der Waals surface area contributed by atoms with Gasteiger partial charge in [0.2, 0.25) is 0 Å². The van der Waals surface area contributed by atoms with Crippen LogP contribution in [0.1, 0.15) is 15.2 Å². The van der Waals surface area contributed by atoms with Crippen molar-refractivity contribution in [3.63, 3.8) is 0 Å². The highest BCUT2D eigenvalue weighted by atomic mass is 79.9. The zero-order valence-corrected chi connectivity index (χ0v) is 13.7. The Balaban J connectivity index is 2.52. The Morgan fingerprint density at radius 1 is 1.70 bits per heavy atom. The van der Waals surface area contributed by atoms with Gasteiger partial charge in [0.05, 0.1) is 29.4 Å². The van der Waals surface area contributed by atoms with Crippen molar-refractivity contribution in [3.05, 3.63) is 14.2 Å². The monoisotopic (exact) mass is 388 g/mol. The molecule has 2 rings (SSSR count). The summed E-state index contributed by atoms with van der Waals surface area (Å²) in [6.07, 6.45) is -0.577. The lowest BCUT2D eigenvalue weighted by atomic mass is 10.0. The van der Waals surface area contributed by atoms with Gasteiger partial charge in [-0.3, -0.25) is 5.50 Å². The Kier molecular flexibility index (Phi) is 4.66. The van der Waals surface area contributed by atoms with Crippen molar-refractivity contribution in [1.82, 2.24) is 0 Å². The number of nitrogens with two attached hydrogens (primary N) is 1. The lowest BCUT2D eigenvalue weighted by molar-refractivity contribution is 0.00600. The SMILES string of the molecule is COC(=O)c1sc(Br)c2c1N(CP(N)O)CC(F)(F)C2. The molecule has 0 bridgehead atoms. The van der Waals surface area contributed by atoms with Crippen molar-refractivity contribution < 1.29 is 23.2 Å². The number of alkyl halides is 2. The molecule has 112 valence electrons. The first kappa shape index (κ1) is 16.0. The highest BCUT2D eigenvalue weighted by Gasteiger charge is 2.43. The van der Waals surface area contributed by atoms with Gasteiger partial charge in [-0.1, -0.05) is 0 Å². The van der Waals surface area contributed by atoms with Gasteiger partial charge in [-0.25, -0.2) is 13.6 Å². The van der Waals surface area contributed by atoms with Gasteiger partial charge < -0.3 is 14.5 Å². The van der Waals surface area contributed by atoms with E-state index in [0.717, 1.165) is 11.3 Å². The summed E-state index contributed by atoms with van der Waals surface area (Å²) in [5.74, 6) is -3.53. The summed E-state index contributed by atoms with van der Waals surface area (Å²) in [4.78, 5) is 22.6. The van der Waals surface area contributed by atoms with Gasteiger partial charge in [0.1, 0.15) is 13.2 Å². The number of carbonyl (C=O) groups excluding carboxylic acids is 1. The molecule has 0 amide bonds. The highest BCUT2D eigenvalue weighted by Crippen LogP contribution is 2.47. The summed E-state index contributed by atoms with van der Waals surface area (Å²) < 4.78 is 32.7. The third kappa shape index (κ3) is 3.12. The molecule has 5 nitrogen and oxygen atoms in total. The van der Waals surface area contributed by atoms with Gasteiger partial charge in [-0.15, -0.1) is 11.3 Å². The molecule has 0 spiro atoms. The molecule has 0 saturated carbocycles. The van der Waals surface area contributed by atoms with Crippen molar-refractivity contribution >= 4 is 47.2 Å². The zero-order chi connectivity index (χ0) is 15.1. The molecule has 1 unspecified atom stereocenters. The van der Waals surface area contributed by atoms with Gasteiger partial charge in [0.15, 0.2) is 0 Å². The van der Waals surface area contributed by atoms with Crippen LogP contribution in [0.3, 0.4) is 0 Å². The standard InChI is InChI=1S/C10H12BrF2N2O3PS/c1-18-9(16)7-6-5(8(11)20-7)2-10(12,13)3-15(6)4-19(14)17/h17H,2-4,14H2,1H3. The van der Waals surface area contributed by atoms with Crippen LogP contribution in [0.4, 0.5) is 14.5 Å². The Morgan fingerprint density at radius 3 is 2.90 bits per heavy atom. The maximum absolute atomic E-state index is 13.8. The molecule has 1 aromatic rings. The predicted molar refractivity (Wildman–Crippen MR) is 77.5 cm³/mol. The lowest BCUT2D eigenvalue weighted by Crippen LogP contribution is -2.43. The van der Waals surface area contributed by atoms with E-state index in [4.69, 9.17) is 5.50 Å². The molecule has 3 N–H and O–H groups in total. The van der Waals surface area contributed by atoms with E-state index >= 15 is 0 Å². The fourth-order valence-corrected chi connectivity index (χ4v) is 4.51. The molecular weight excluding hydrogens is 377 g/mol. The largest absolute Gasteiger partial charge is 0.465 e. The van der Waals surface area contributed by atoms with Crippen LogP contribution >= 0.6 is 35.6 Å². The summed E-state index contributed by atoms with van der Waals surface area (Å²) in [7, 11) is -0.658. The Hall–Kier alpha value is -0.340. The normalized spacial score (nSPS) is 18.6. The fraction of sp³-hybridized carbons (Fsp3) is 0.500. The molecule has 0 radical (unpaired) electrons. The average molecular weight is 389 g/mol. The highest BCUT2D eigenvalue weighted by molar-refractivity contribution is 9.11. The van der Waals surface area contributed by atoms with Gasteiger partial charge in [-0.2, -0.15) is 0 Å². The second-order valence-corrected chi connectivity index (χ2v) is 7.84. The molecule has 0 aliphatic carbocycles. The van der Waals surface area contributed by atoms with Crippen LogP contribution < -0.4 is 10.4 Å². The van der Waals surface area contributed by atoms with E-state index in [2.05, 4.69) is 20.7 Å². The second kappa shape index (κ2) is 5.81. The quantitative estimate of drug-likeness (QED) is 0.614. The number of fused-ring (bicyclic) bond motifs is 1. The topological polar surface area (TPSA) is 75.8 Å². The van der Waals surface area contributed by atoms with Gasteiger partial charge in [0.25, 0.3) is 5.92 Å². The number of thiophene rings is 1. The number of methoxy groups -OCH3 is 1. The van der Waals surface area contributed by atoms with Crippen LogP contribution in [0.2, 0.25) is 0 Å². The van der Waals surface area contributed by atoms with E-state index in [0.29, 0.717) is 15.0 Å². The summed E-state index contributed by atoms with van der Waals surface area (Å²) in [5.41, 5.74) is 6.08. The van der Waals surface area contributed by atoms with Gasteiger partial charge in [0, 0.05) is 12.0 Å². The van der Waals surface area contributed by atoms with Crippen molar-refractivity contribution in [3.8, 4) is 0 Å². The molecule has 0 fully saturated rings. The first-order valence-electron chi connectivity index (χ1n) is 5.48. The third-order valence-electron chi connectivity index (χ3n) is 2.79. The number of ether oxygens (including phenoxy) is 1. The molecule has 1 aliphatic heterocycles. The molecule has 2 heterocycles. The molecule has 0 aromatic carbocycles. The summed E-state index contributed by atoms with van der Waals surface area (Å²) in [6.45, 7) is -0.580. The van der Waals surface area contributed by atoms with Crippen molar-refractivity contribution in [2.24, 2.45) is 5.50 Å². The van der Waals surface area contributed by atoms with E-state index in [1.54, 1.807) is 0 Å². The number of esters is 1. The first-order valence-corrected chi connectivity index (χ1v) is 8.64. The van der Waals surface area contributed by atoms with Crippen molar-refractivity contribution in [1.29, 1.82) is 0 Å². The summed E-state index contributed by atoms with van der Waals surface area (Å²) in [6, 6.07) is 0. The maximum atomic E-state index is 13.8. The second-order valence-electron chi connectivity index (χ2n) is 4.34.